The number of carbonyl (C=O) groups excluding carboxylic acids is 1. The lowest BCUT2D eigenvalue weighted by Gasteiger charge is -2.34. The molecule has 31 heavy (non-hydrogen) atoms. The van der Waals surface area contributed by atoms with Gasteiger partial charge in [-0.05, 0) is 44.2 Å². The van der Waals surface area contributed by atoms with Crippen LogP contribution in [0.25, 0.3) is 0 Å². The maximum Gasteiger partial charge on any atom is 0.312 e. The number of rotatable bonds is 7. The summed E-state index contributed by atoms with van der Waals surface area (Å²) in [5, 5.41) is 11.5. The van der Waals surface area contributed by atoms with Gasteiger partial charge in [-0.25, -0.2) is 17.5 Å². The Hall–Kier alpha value is -3.05. The molecular weight excluding hydrogens is 429 g/mol. The molecular formula is C20H22FN3O6S. The monoisotopic (exact) mass is 451 g/mol. The molecule has 1 aliphatic heterocycles. The molecule has 0 unspecified atom stereocenters. The van der Waals surface area contributed by atoms with E-state index in [-0.39, 0.29) is 30.8 Å². The van der Waals surface area contributed by atoms with Crippen molar-refractivity contribution in [1.82, 2.24) is 9.62 Å². The molecule has 1 amide bonds. The fourth-order valence-corrected chi connectivity index (χ4v) is 4.12. The van der Waals surface area contributed by atoms with Gasteiger partial charge in [0.15, 0.2) is 5.75 Å². The Kier molecular flexibility index (Phi) is 6.56. The van der Waals surface area contributed by atoms with E-state index < -0.39 is 37.1 Å². The number of nitro benzene ring substituents is 1. The van der Waals surface area contributed by atoms with E-state index in [1.807, 2.05) is 16.7 Å². The molecule has 1 N–H and O–H groups in total. The highest BCUT2D eigenvalue weighted by molar-refractivity contribution is 7.90. The van der Waals surface area contributed by atoms with Crippen LogP contribution in [-0.2, 0) is 10.0 Å². The number of halogens is 1. The van der Waals surface area contributed by atoms with Crippen LogP contribution in [0.2, 0.25) is 0 Å². The number of benzene rings is 2. The Morgan fingerprint density at radius 1 is 1.23 bits per heavy atom. The van der Waals surface area contributed by atoms with Crippen LogP contribution in [0.5, 0.6) is 5.75 Å². The first kappa shape index (κ1) is 22.6. The number of hydrogen-bond donors (Lipinski definition) is 1. The fourth-order valence-electron chi connectivity index (χ4n) is 3.13. The second kappa shape index (κ2) is 8.98. The molecule has 1 fully saturated rings. The highest BCUT2D eigenvalue weighted by Gasteiger charge is 2.35. The molecule has 2 aromatic carbocycles. The minimum absolute atomic E-state index is 0.117. The van der Waals surface area contributed by atoms with Crippen molar-refractivity contribution in [3.63, 3.8) is 0 Å². The molecule has 0 bridgehead atoms. The summed E-state index contributed by atoms with van der Waals surface area (Å²) in [5.41, 5.74) is -2.13. The van der Waals surface area contributed by atoms with Gasteiger partial charge in [0, 0.05) is 24.7 Å². The van der Waals surface area contributed by atoms with Crippen molar-refractivity contribution >= 4 is 21.6 Å². The van der Waals surface area contributed by atoms with E-state index in [0.29, 0.717) is 13.1 Å². The molecule has 0 spiro atoms. The van der Waals surface area contributed by atoms with Crippen LogP contribution < -0.4 is 9.46 Å². The molecule has 0 saturated carbocycles. The Bertz CT molecular complexity index is 1070. The maximum atomic E-state index is 14.9. The lowest BCUT2D eigenvalue weighted by Crippen LogP contribution is -2.43. The quantitative estimate of drug-likeness (QED) is 0.507. The molecule has 3 rings (SSSR count). The SMILES string of the molecule is CN1CCC(F)(COc2ccc(S(=O)(=O)NC(=O)c3ccccc3)cc2[N+](=O)[O-])CC1. The number of hydrogen-bond acceptors (Lipinski definition) is 7. The average molecular weight is 451 g/mol. The number of nitro groups is 1. The summed E-state index contributed by atoms with van der Waals surface area (Å²) < 4.78 is 47.2. The highest BCUT2D eigenvalue weighted by Crippen LogP contribution is 2.33. The van der Waals surface area contributed by atoms with Crippen molar-refractivity contribution < 1.29 is 27.3 Å². The first-order valence-electron chi connectivity index (χ1n) is 9.51. The molecule has 0 aromatic heterocycles. The number of nitrogens with zero attached hydrogens (tertiary/aromatic N) is 2. The van der Waals surface area contributed by atoms with Gasteiger partial charge >= 0.3 is 5.69 Å². The molecule has 0 atom stereocenters. The maximum absolute atomic E-state index is 14.9. The zero-order valence-electron chi connectivity index (χ0n) is 16.8. The van der Waals surface area contributed by atoms with Crippen LogP contribution in [0.3, 0.4) is 0 Å². The van der Waals surface area contributed by atoms with Gasteiger partial charge in [-0.3, -0.25) is 14.9 Å². The van der Waals surface area contributed by atoms with Crippen LogP contribution in [0.1, 0.15) is 23.2 Å². The van der Waals surface area contributed by atoms with E-state index in [4.69, 9.17) is 4.74 Å². The van der Waals surface area contributed by atoms with Gasteiger partial charge < -0.3 is 9.64 Å². The molecule has 1 saturated heterocycles. The molecule has 2 aromatic rings. The van der Waals surface area contributed by atoms with E-state index in [1.54, 1.807) is 18.2 Å². The number of ether oxygens (including phenoxy) is 1. The Labute approximate surface area is 179 Å². The summed E-state index contributed by atoms with van der Waals surface area (Å²) in [6, 6.07) is 10.6. The van der Waals surface area contributed by atoms with Gasteiger partial charge in [-0.15, -0.1) is 0 Å². The van der Waals surface area contributed by atoms with Crippen molar-refractivity contribution in [2.24, 2.45) is 0 Å². The summed E-state index contributed by atoms with van der Waals surface area (Å²) in [5.74, 6) is -1.11. The lowest BCUT2D eigenvalue weighted by molar-refractivity contribution is -0.386. The van der Waals surface area contributed by atoms with Crippen LogP contribution in [0.15, 0.2) is 53.4 Å². The number of piperidine rings is 1. The van der Waals surface area contributed by atoms with Gasteiger partial charge in [0.25, 0.3) is 15.9 Å². The third-order valence-corrected chi connectivity index (χ3v) is 6.40. The Morgan fingerprint density at radius 2 is 1.87 bits per heavy atom. The summed E-state index contributed by atoms with van der Waals surface area (Å²) in [7, 11) is -2.50. The first-order valence-corrected chi connectivity index (χ1v) is 11.0. The van der Waals surface area contributed by atoms with Gasteiger partial charge in [0.2, 0.25) is 0 Å². The smallest absolute Gasteiger partial charge is 0.312 e. The number of sulfonamides is 1. The van der Waals surface area contributed by atoms with E-state index in [2.05, 4.69) is 0 Å². The molecule has 9 nitrogen and oxygen atoms in total. The average Bonchev–Trinajstić information content (AvgIpc) is 2.75. The topological polar surface area (TPSA) is 119 Å². The third-order valence-electron chi connectivity index (χ3n) is 5.07. The predicted molar refractivity (Wildman–Crippen MR) is 110 cm³/mol. The van der Waals surface area contributed by atoms with Crippen molar-refractivity contribution in [1.29, 1.82) is 0 Å². The number of amides is 1. The molecule has 11 heteroatoms. The van der Waals surface area contributed by atoms with Gasteiger partial charge in [0.1, 0.15) is 12.3 Å². The van der Waals surface area contributed by atoms with Crippen molar-refractivity contribution in [3.05, 3.63) is 64.2 Å². The molecule has 1 aliphatic rings. The number of likely N-dealkylation sites (tertiary alicyclic amines) is 1. The van der Waals surface area contributed by atoms with Crippen molar-refractivity contribution in [2.75, 3.05) is 26.7 Å². The Morgan fingerprint density at radius 3 is 2.48 bits per heavy atom. The fraction of sp³-hybridized carbons (Fsp3) is 0.350. The van der Waals surface area contributed by atoms with Crippen molar-refractivity contribution in [3.8, 4) is 5.75 Å². The zero-order chi connectivity index (χ0) is 22.6. The Balaban J connectivity index is 1.78. The van der Waals surface area contributed by atoms with Crippen LogP contribution in [-0.4, -0.2) is 56.6 Å². The van der Waals surface area contributed by atoms with E-state index in [9.17, 15) is 27.7 Å². The minimum Gasteiger partial charge on any atom is -0.483 e. The standard InChI is InChI=1S/C20H22FN3O6S/c1-23-11-9-20(21,10-12-23)14-30-18-8-7-16(13-17(18)24(26)27)31(28,29)22-19(25)15-5-3-2-4-6-15/h2-8,13H,9-12,14H2,1H3,(H,22,25). The summed E-state index contributed by atoms with van der Waals surface area (Å²) in [4.78, 5) is 24.3. The zero-order valence-corrected chi connectivity index (χ0v) is 17.6. The van der Waals surface area contributed by atoms with Gasteiger partial charge in [0.05, 0.1) is 9.82 Å². The molecule has 0 aliphatic carbocycles. The normalized spacial score (nSPS) is 16.5. The van der Waals surface area contributed by atoms with Crippen LogP contribution >= 0.6 is 0 Å². The summed E-state index contributed by atoms with van der Waals surface area (Å²) >= 11 is 0. The first-order chi connectivity index (χ1) is 14.6. The van der Waals surface area contributed by atoms with Gasteiger partial charge in [-0.2, -0.15) is 0 Å². The second-order valence-electron chi connectivity index (χ2n) is 7.43. The summed E-state index contributed by atoms with van der Waals surface area (Å²) in [6.45, 7) is 0.707. The molecule has 166 valence electrons. The second-order valence-corrected chi connectivity index (χ2v) is 9.11. The largest absolute Gasteiger partial charge is 0.483 e. The third kappa shape index (κ3) is 5.56. The van der Waals surface area contributed by atoms with Crippen LogP contribution in [0.4, 0.5) is 10.1 Å². The van der Waals surface area contributed by atoms with Gasteiger partial charge in [-0.1, -0.05) is 18.2 Å². The van der Waals surface area contributed by atoms with Crippen LogP contribution in [0, 0.1) is 10.1 Å². The number of nitrogens with one attached hydrogen (secondary N) is 1. The molecule has 0 radical (unpaired) electrons. The van der Waals surface area contributed by atoms with E-state index in [1.165, 1.54) is 12.1 Å². The predicted octanol–water partition coefficient (Wildman–Crippen LogP) is 2.53. The number of carbonyl (C=O) groups is 1. The van der Waals surface area contributed by atoms with Crippen molar-refractivity contribution in [2.45, 2.75) is 23.4 Å². The summed E-state index contributed by atoms with van der Waals surface area (Å²) in [6.07, 6.45) is 0.463. The lowest BCUT2D eigenvalue weighted by atomic mass is 9.94. The minimum atomic E-state index is -4.37. The van der Waals surface area contributed by atoms with E-state index in [0.717, 1.165) is 18.2 Å². The van der Waals surface area contributed by atoms with E-state index >= 15 is 0 Å². The highest BCUT2D eigenvalue weighted by atomic mass is 32.2. The molecule has 1 heterocycles. The number of alkyl halides is 1.